The van der Waals surface area contributed by atoms with Crippen molar-refractivity contribution in [2.45, 2.75) is 19.5 Å². The monoisotopic (exact) mass is 413 g/mol. The van der Waals surface area contributed by atoms with Crippen molar-refractivity contribution in [3.63, 3.8) is 0 Å². The van der Waals surface area contributed by atoms with E-state index in [1.165, 1.54) is 4.90 Å². The lowest BCUT2D eigenvalue weighted by atomic mass is 9.95. The van der Waals surface area contributed by atoms with E-state index in [2.05, 4.69) is 0 Å². The molecule has 1 fully saturated rings. The van der Waals surface area contributed by atoms with Gasteiger partial charge in [-0.3, -0.25) is 9.59 Å². The predicted molar refractivity (Wildman–Crippen MR) is 118 cm³/mol. The molecule has 3 aromatic carbocycles. The first kappa shape index (κ1) is 20.4. The highest BCUT2D eigenvalue weighted by Crippen LogP contribution is 2.40. The first-order chi connectivity index (χ1) is 15.0. The molecule has 3 aromatic rings. The van der Waals surface area contributed by atoms with Crippen LogP contribution in [0.2, 0.25) is 0 Å². The van der Waals surface area contributed by atoms with Gasteiger partial charge in [0.15, 0.2) is 0 Å². The van der Waals surface area contributed by atoms with Crippen molar-refractivity contribution < 1.29 is 19.4 Å². The van der Waals surface area contributed by atoms with E-state index in [9.17, 15) is 14.7 Å². The van der Waals surface area contributed by atoms with Crippen LogP contribution in [-0.4, -0.2) is 28.8 Å². The summed E-state index contributed by atoms with van der Waals surface area (Å²) in [6.45, 7) is 2.16. The largest absolute Gasteiger partial charge is 0.507 e. The van der Waals surface area contributed by atoms with Crippen LogP contribution >= 0.6 is 0 Å². The zero-order valence-electron chi connectivity index (χ0n) is 17.4. The van der Waals surface area contributed by atoms with Crippen molar-refractivity contribution in [1.82, 2.24) is 4.90 Å². The minimum absolute atomic E-state index is 0.1000. The van der Waals surface area contributed by atoms with E-state index in [-0.39, 0.29) is 17.9 Å². The molecular weight excluding hydrogens is 390 g/mol. The highest BCUT2D eigenvalue weighted by molar-refractivity contribution is 6.46. The summed E-state index contributed by atoms with van der Waals surface area (Å²) < 4.78 is 5.29. The number of ether oxygens (including phenoxy) is 1. The molecular formula is C26H23NO4. The summed E-state index contributed by atoms with van der Waals surface area (Å²) in [7, 11) is 1.58. The molecule has 0 bridgehead atoms. The van der Waals surface area contributed by atoms with Crippen LogP contribution in [0.5, 0.6) is 5.75 Å². The first-order valence-electron chi connectivity index (χ1n) is 10.0. The highest BCUT2D eigenvalue weighted by Gasteiger charge is 2.46. The SMILES string of the molecule is COc1cccc(CN2C(=O)C(=O)/C(=C(\O)c3ccc(C)cc3)C2c2ccccc2)c1. The predicted octanol–water partition coefficient (Wildman–Crippen LogP) is 4.63. The highest BCUT2D eigenvalue weighted by atomic mass is 16.5. The van der Waals surface area contributed by atoms with E-state index in [4.69, 9.17) is 4.74 Å². The van der Waals surface area contributed by atoms with Gasteiger partial charge in [0.2, 0.25) is 0 Å². The van der Waals surface area contributed by atoms with Gasteiger partial charge in [-0.2, -0.15) is 0 Å². The van der Waals surface area contributed by atoms with Crippen molar-refractivity contribution in [1.29, 1.82) is 0 Å². The lowest BCUT2D eigenvalue weighted by Crippen LogP contribution is -2.29. The number of amides is 1. The average Bonchev–Trinajstić information content (AvgIpc) is 3.04. The van der Waals surface area contributed by atoms with Crippen LogP contribution in [-0.2, 0) is 16.1 Å². The van der Waals surface area contributed by atoms with Crippen LogP contribution in [0, 0.1) is 6.92 Å². The van der Waals surface area contributed by atoms with E-state index in [1.54, 1.807) is 19.2 Å². The second-order valence-corrected chi connectivity index (χ2v) is 7.56. The average molecular weight is 413 g/mol. The smallest absolute Gasteiger partial charge is 0.295 e. The zero-order chi connectivity index (χ0) is 22.0. The maximum Gasteiger partial charge on any atom is 0.295 e. The molecule has 5 heteroatoms. The van der Waals surface area contributed by atoms with Crippen LogP contribution in [0.1, 0.15) is 28.3 Å². The van der Waals surface area contributed by atoms with Gasteiger partial charge in [-0.1, -0.05) is 72.3 Å². The maximum absolute atomic E-state index is 13.1. The maximum atomic E-state index is 13.1. The van der Waals surface area contributed by atoms with Gasteiger partial charge in [0.25, 0.3) is 11.7 Å². The Hall–Kier alpha value is -3.86. The third kappa shape index (κ3) is 3.94. The van der Waals surface area contributed by atoms with Gasteiger partial charge >= 0.3 is 0 Å². The number of aryl methyl sites for hydroxylation is 1. The molecule has 5 nitrogen and oxygen atoms in total. The summed E-state index contributed by atoms with van der Waals surface area (Å²) in [4.78, 5) is 27.6. The third-order valence-electron chi connectivity index (χ3n) is 5.47. The van der Waals surface area contributed by atoms with Crippen molar-refractivity contribution in [3.8, 4) is 5.75 Å². The Morgan fingerprint density at radius 3 is 2.35 bits per heavy atom. The molecule has 1 unspecified atom stereocenters. The Balaban J connectivity index is 1.83. The normalized spacial score (nSPS) is 17.7. The quantitative estimate of drug-likeness (QED) is 0.376. The summed E-state index contributed by atoms with van der Waals surface area (Å²) in [5, 5.41) is 11.1. The number of aliphatic hydroxyl groups excluding tert-OH is 1. The molecule has 0 aliphatic carbocycles. The Labute approximate surface area is 181 Å². The molecule has 0 aromatic heterocycles. The van der Waals surface area contributed by atoms with E-state index < -0.39 is 17.7 Å². The van der Waals surface area contributed by atoms with E-state index in [0.717, 1.165) is 16.7 Å². The second kappa shape index (κ2) is 8.48. The molecule has 0 radical (unpaired) electrons. The number of hydrogen-bond acceptors (Lipinski definition) is 4. The molecule has 31 heavy (non-hydrogen) atoms. The first-order valence-corrected chi connectivity index (χ1v) is 10.0. The number of carbonyl (C=O) groups excluding carboxylic acids is 2. The number of aliphatic hydroxyl groups is 1. The van der Waals surface area contributed by atoms with E-state index in [1.807, 2.05) is 73.7 Å². The van der Waals surface area contributed by atoms with Crippen molar-refractivity contribution in [2.75, 3.05) is 7.11 Å². The van der Waals surface area contributed by atoms with Gasteiger partial charge in [-0.25, -0.2) is 0 Å². The Bertz CT molecular complexity index is 1150. The number of hydrogen-bond donors (Lipinski definition) is 1. The van der Waals surface area contributed by atoms with Crippen LogP contribution in [0.3, 0.4) is 0 Å². The lowest BCUT2D eigenvalue weighted by Gasteiger charge is -2.25. The summed E-state index contributed by atoms with van der Waals surface area (Å²) in [6, 6.07) is 23.2. The number of nitrogens with zero attached hydrogens (tertiary/aromatic N) is 1. The number of likely N-dealkylation sites (tertiary alicyclic amines) is 1. The van der Waals surface area contributed by atoms with E-state index in [0.29, 0.717) is 11.3 Å². The molecule has 1 N–H and O–H groups in total. The minimum atomic E-state index is -0.686. The van der Waals surface area contributed by atoms with Crippen LogP contribution in [0.4, 0.5) is 0 Å². The van der Waals surface area contributed by atoms with Gasteiger partial charge in [-0.05, 0) is 30.2 Å². The fourth-order valence-electron chi connectivity index (χ4n) is 3.86. The number of carbonyl (C=O) groups is 2. The summed E-state index contributed by atoms with van der Waals surface area (Å²) in [6.07, 6.45) is 0. The zero-order valence-corrected chi connectivity index (χ0v) is 17.4. The molecule has 1 aliphatic rings. The van der Waals surface area contributed by atoms with Gasteiger partial charge in [0.05, 0.1) is 18.7 Å². The minimum Gasteiger partial charge on any atom is -0.507 e. The molecule has 0 spiro atoms. The van der Waals surface area contributed by atoms with Gasteiger partial charge in [0, 0.05) is 12.1 Å². The van der Waals surface area contributed by atoms with Crippen molar-refractivity contribution >= 4 is 17.4 Å². The number of ketones is 1. The summed E-state index contributed by atoms with van der Waals surface area (Å²) >= 11 is 0. The Morgan fingerprint density at radius 2 is 1.68 bits per heavy atom. The molecule has 1 heterocycles. The molecule has 1 amide bonds. The van der Waals surface area contributed by atoms with Crippen LogP contribution in [0.25, 0.3) is 5.76 Å². The number of rotatable bonds is 5. The van der Waals surface area contributed by atoms with Crippen LogP contribution < -0.4 is 4.74 Å². The van der Waals surface area contributed by atoms with Crippen LogP contribution in [0.15, 0.2) is 84.4 Å². The number of Topliss-reactive ketones (excluding diaryl/α,β-unsaturated/α-hetero) is 1. The fraction of sp³-hybridized carbons (Fsp3) is 0.154. The van der Waals surface area contributed by atoms with E-state index >= 15 is 0 Å². The summed E-state index contributed by atoms with van der Waals surface area (Å²) in [5.74, 6) is -0.814. The number of benzene rings is 3. The fourth-order valence-corrected chi connectivity index (χ4v) is 3.86. The van der Waals surface area contributed by atoms with Gasteiger partial charge in [0.1, 0.15) is 11.5 Å². The molecule has 1 aliphatic heterocycles. The number of methoxy groups -OCH3 is 1. The van der Waals surface area contributed by atoms with Gasteiger partial charge < -0.3 is 14.7 Å². The molecule has 1 saturated heterocycles. The van der Waals surface area contributed by atoms with Gasteiger partial charge in [-0.15, -0.1) is 0 Å². The Kier molecular flexibility index (Phi) is 5.58. The second-order valence-electron chi connectivity index (χ2n) is 7.56. The topological polar surface area (TPSA) is 66.8 Å². The standard InChI is InChI=1S/C26H23NO4/c1-17-11-13-20(14-12-17)24(28)22-23(19-8-4-3-5-9-19)27(26(30)25(22)29)16-18-7-6-10-21(15-18)31-2/h3-15,23,28H,16H2,1-2H3/b24-22-. The van der Waals surface area contributed by atoms with Crippen molar-refractivity contribution in [2.24, 2.45) is 0 Å². The van der Waals surface area contributed by atoms with Crippen molar-refractivity contribution in [3.05, 3.63) is 107 Å². The third-order valence-corrected chi connectivity index (χ3v) is 5.47. The molecule has 1 atom stereocenters. The Morgan fingerprint density at radius 1 is 0.968 bits per heavy atom. The summed E-state index contributed by atoms with van der Waals surface area (Å²) in [5.41, 5.74) is 3.24. The molecule has 4 rings (SSSR count). The lowest BCUT2D eigenvalue weighted by molar-refractivity contribution is -0.140. The molecule has 0 saturated carbocycles. The molecule has 156 valence electrons.